The van der Waals surface area contributed by atoms with E-state index in [9.17, 15) is 9.59 Å². The number of nitrogen functional groups attached to an aromatic ring is 1. The molecule has 0 aliphatic heterocycles. The van der Waals surface area contributed by atoms with Crippen LogP contribution in [0.1, 0.15) is 16.1 Å². The molecule has 0 bridgehead atoms. The first-order chi connectivity index (χ1) is 8.97. The van der Waals surface area contributed by atoms with Gasteiger partial charge in [0.05, 0.1) is 24.1 Å². The van der Waals surface area contributed by atoms with Crippen molar-refractivity contribution in [2.45, 2.75) is 6.92 Å². The molecule has 0 spiro atoms. The number of hydrogen-bond acceptors (Lipinski definition) is 4. The third kappa shape index (κ3) is 2.01. The van der Waals surface area contributed by atoms with E-state index in [2.05, 4.69) is 4.74 Å². The summed E-state index contributed by atoms with van der Waals surface area (Å²) in [5, 5.41) is 0. The largest absolute Gasteiger partial charge is 0.465 e. The van der Waals surface area contributed by atoms with E-state index in [4.69, 9.17) is 5.73 Å². The first kappa shape index (κ1) is 12.9. The molecule has 0 radical (unpaired) electrons. The number of anilines is 1. The third-order valence-electron chi connectivity index (χ3n) is 3.13. The molecule has 2 rings (SSSR count). The second kappa shape index (κ2) is 4.64. The number of nitrogens with zero attached hydrogens (tertiary/aromatic N) is 2. The molecule has 100 valence electrons. The average Bonchev–Trinajstić information content (AvgIpc) is 2.62. The van der Waals surface area contributed by atoms with Crippen molar-refractivity contribution in [2.24, 2.45) is 7.05 Å². The molecule has 6 heteroatoms. The van der Waals surface area contributed by atoms with E-state index < -0.39 is 5.97 Å². The lowest BCUT2D eigenvalue weighted by molar-refractivity contribution is 0.0601. The predicted molar refractivity (Wildman–Crippen MR) is 71.5 cm³/mol. The zero-order chi connectivity index (χ0) is 14.2. The molecule has 0 saturated carbocycles. The first-order valence-corrected chi connectivity index (χ1v) is 5.70. The van der Waals surface area contributed by atoms with Gasteiger partial charge in [-0.25, -0.2) is 9.48 Å². The summed E-state index contributed by atoms with van der Waals surface area (Å²) in [5.74, 6) is -0.415. The van der Waals surface area contributed by atoms with Crippen molar-refractivity contribution >= 4 is 11.7 Å². The summed E-state index contributed by atoms with van der Waals surface area (Å²) in [4.78, 5) is 23.3. The van der Waals surface area contributed by atoms with Gasteiger partial charge in [-0.1, -0.05) is 0 Å². The van der Waals surface area contributed by atoms with Crippen LogP contribution in [0.25, 0.3) is 5.69 Å². The Kier molecular flexibility index (Phi) is 3.16. The van der Waals surface area contributed by atoms with E-state index in [0.29, 0.717) is 16.9 Å². The van der Waals surface area contributed by atoms with Crippen LogP contribution >= 0.6 is 0 Å². The number of aromatic nitrogens is 2. The van der Waals surface area contributed by atoms with Crippen molar-refractivity contribution in [1.82, 2.24) is 9.36 Å². The maximum absolute atomic E-state index is 12.0. The summed E-state index contributed by atoms with van der Waals surface area (Å²) in [6.45, 7) is 1.77. The molecule has 2 aromatic rings. The molecular weight excluding hydrogens is 246 g/mol. The number of carbonyl (C=O) groups is 1. The van der Waals surface area contributed by atoms with Crippen molar-refractivity contribution in [3.05, 3.63) is 45.9 Å². The smallest absolute Gasteiger partial charge is 0.337 e. The lowest BCUT2D eigenvalue weighted by atomic mass is 10.2. The first-order valence-electron chi connectivity index (χ1n) is 5.70. The van der Waals surface area contributed by atoms with Crippen LogP contribution in [0.15, 0.2) is 29.1 Å². The van der Waals surface area contributed by atoms with Gasteiger partial charge in [-0.15, -0.1) is 0 Å². The molecular formula is C13H15N3O3. The average molecular weight is 261 g/mol. The highest BCUT2D eigenvalue weighted by atomic mass is 16.5. The Bertz CT molecular complexity index is 680. The summed E-state index contributed by atoms with van der Waals surface area (Å²) in [5.41, 5.74) is 7.43. The topological polar surface area (TPSA) is 79.2 Å². The van der Waals surface area contributed by atoms with Gasteiger partial charge in [0.1, 0.15) is 5.69 Å². The Balaban J connectivity index is 2.52. The van der Waals surface area contributed by atoms with Crippen molar-refractivity contribution in [1.29, 1.82) is 0 Å². The molecule has 19 heavy (non-hydrogen) atoms. The normalized spacial score (nSPS) is 10.5. The number of esters is 1. The Morgan fingerprint density at radius 1 is 1.26 bits per heavy atom. The van der Waals surface area contributed by atoms with Crippen molar-refractivity contribution in [3.8, 4) is 5.69 Å². The highest BCUT2D eigenvalue weighted by Gasteiger charge is 2.13. The lowest BCUT2D eigenvalue weighted by Crippen LogP contribution is -2.20. The van der Waals surface area contributed by atoms with Crippen LogP contribution in [-0.2, 0) is 11.8 Å². The van der Waals surface area contributed by atoms with Crippen LogP contribution in [0.5, 0.6) is 0 Å². The molecule has 0 amide bonds. The minimum Gasteiger partial charge on any atom is -0.465 e. The molecule has 1 heterocycles. The monoisotopic (exact) mass is 261 g/mol. The lowest BCUT2D eigenvalue weighted by Gasteiger charge is -2.08. The predicted octanol–water partition coefficient (Wildman–Crippen LogP) is 0.853. The van der Waals surface area contributed by atoms with Crippen molar-refractivity contribution < 1.29 is 9.53 Å². The summed E-state index contributed by atoms with van der Waals surface area (Å²) < 4.78 is 7.74. The van der Waals surface area contributed by atoms with Crippen LogP contribution in [0.2, 0.25) is 0 Å². The van der Waals surface area contributed by atoms with Crippen LogP contribution in [0.4, 0.5) is 5.69 Å². The van der Waals surface area contributed by atoms with Gasteiger partial charge in [0.15, 0.2) is 0 Å². The highest BCUT2D eigenvalue weighted by Crippen LogP contribution is 2.12. The number of benzene rings is 1. The Morgan fingerprint density at radius 3 is 2.26 bits per heavy atom. The van der Waals surface area contributed by atoms with E-state index in [1.165, 1.54) is 11.8 Å². The summed E-state index contributed by atoms with van der Waals surface area (Å²) in [6, 6.07) is 6.55. The number of rotatable bonds is 2. The fraction of sp³-hybridized carbons (Fsp3) is 0.231. The van der Waals surface area contributed by atoms with E-state index >= 15 is 0 Å². The van der Waals surface area contributed by atoms with Gasteiger partial charge in [0.2, 0.25) is 0 Å². The van der Waals surface area contributed by atoms with Gasteiger partial charge in [-0.05, 0) is 31.2 Å². The molecule has 2 N–H and O–H groups in total. The number of carbonyl (C=O) groups excluding carboxylic acids is 1. The minimum atomic E-state index is -0.415. The second-order valence-corrected chi connectivity index (χ2v) is 4.18. The number of ether oxygens (including phenoxy) is 1. The zero-order valence-corrected chi connectivity index (χ0v) is 11.0. The van der Waals surface area contributed by atoms with E-state index in [1.807, 2.05) is 0 Å². The molecule has 1 aromatic carbocycles. The van der Waals surface area contributed by atoms with Crippen molar-refractivity contribution in [3.63, 3.8) is 0 Å². The maximum Gasteiger partial charge on any atom is 0.337 e. The molecule has 0 aliphatic carbocycles. The summed E-state index contributed by atoms with van der Waals surface area (Å²) in [6.07, 6.45) is 0. The van der Waals surface area contributed by atoms with Gasteiger partial charge in [-0.2, -0.15) is 0 Å². The quantitative estimate of drug-likeness (QED) is 0.813. The fourth-order valence-electron chi connectivity index (χ4n) is 1.88. The Labute approximate surface area is 110 Å². The second-order valence-electron chi connectivity index (χ2n) is 4.18. The number of nitrogens with two attached hydrogens (primary N) is 1. The maximum atomic E-state index is 12.0. The van der Waals surface area contributed by atoms with Crippen LogP contribution in [0, 0.1) is 6.92 Å². The fourth-order valence-corrected chi connectivity index (χ4v) is 1.88. The van der Waals surface area contributed by atoms with Gasteiger partial charge >= 0.3 is 5.97 Å². The SMILES string of the molecule is COC(=O)c1ccc(-n2c(=O)c(N)c(C)n2C)cc1. The van der Waals surface area contributed by atoms with E-state index in [1.54, 1.807) is 42.9 Å². The highest BCUT2D eigenvalue weighted by molar-refractivity contribution is 5.89. The minimum absolute atomic E-state index is 0.222. The van der Waals surface area contributed by atoms with Crippen LogP contribution in [0.3, 0.4) is 0 Å². The van der Waals surface area contributed by atoms with Gasteiger partial charge < -0.3 is 10.5 Å². The molecule has 6 nitrogen and oxygen atoms in total. The Hall–Kier alpha value is -2.50. The standard InChI is InChI=1S/C13H15N3O3/c1-8-11(14)12(17)16(15(8)2)10-6-4-9(5-7-10)13(18)19-3/h4-7H,14H2,1-3H3. The molecule has 0 unspecified atom stereocenters. The Morgan fingerprint density at radius 2 is 1.84 bits per heavy atom. The van der Waals surface area contributed by atoms with E-state index in [-0.39, 0.29) is 11.2 Å². The summed E-state index contributed by atoms with van der Waals surface area (Å²) in [7, 11) is 3.07. The number of hydrogen-bond donors (Lipinski definition) is 1. The summed E-state index contributed by atoms with van der Waals surface area (Å²) >= 11 is 0. The third-order valence-corrected chi connectivity index (χ3v) is 3.13. The van der Waals surface area contributed by atoms with Crippen molar-refractivity contribution in [2.75, 3.05) is 12.8 Å². The molecule has 0 aliphatic rings. The van der Waals surface area contributed by atoms with Gasteiger partial charge in [0.25, 0.3) is 5.56 Å². The van der Waals surface area contributed by atoms with Gasteiger partial charge in [0, 0.05) is 7.05 Å². The van der Waals surface area contributed by atoms with Crippen LogP contribution in [-0.4, -0.2) is 22.4 Å². The molecule has 0 fully saturated rings. The zero-order valence-electron chi connectivity index (χ0n) is 11.0. The molecule has 0 saturated heterocycles. The molecule has 0 atom stereocenters. The van der Waals surface area contributed by atoms with E-state index in [0.717, 1.165) is 0 Å². The molecule has 1 aromatic heterocycles. The number of methoxy groups -OCH3 is 1. The van der Waals surface area contributed by atoms with Gasteiger partial charge in [-0.3, -0.25) is 9.48 Å². The van der Waals surface area contributed by atoms with Crippen LogP contribution < -0.4 is 11.3 Å².